The van der Waals surface area contributed by atoms with Gasteiger partial charge in [0.1, 0.15) is 11.9 Å². The highest BCUT2D eigenvalue weighted by atomic mass is 79.9. The Hall–Kier alpha value is -1.43. The minimum absolute atomic E-state index is 0.158. The van der Waals surface area contributed by atoms with E-state index in [0.29, 0.717) is 11.0 Å². The predicted molar refractivity (Wildman–Crippen MR) is 69.7 cm³/mol. The van der Waals surface area contributed by atoms with Gasteiger partial charge in [-0.15, -0.1) is 0 Å². The molecule has 2 amide bonds. The Morgan fingerprint density at radius 1 is 1.44 bits per heavy atom. The maximum absolute atomic E-state index is 13.0. The van der Waals surface area contributed by atoms with E-state index >= 15 is 0 Å². The summed E-state index contributed by atoms with van der Waals surface area (Å²) >= 11 is 3.16. The van der Waals surface area contributed by atoms with Crippen molar-refractivity contribution < 1.29 is 14.0 Å². The molecule has 0 aliphatic carbocycles. The average molecular weight is 317 g/mol. The molecule has 0 saturated carbocycles. The maximum Gasteiger partial charge on any atom is 0.253 e. The van der Waals surface area contributed by atoms with E-state index in [2.05, 4.69) is 26.6 Å². The van der Waals surface area contributed by atoms with Gasteiger partial charge >= 0.3 is 0 Å². The lowest BCUT2D eigenvalue weighted by atomic mass is 10.2. The molecule has 18 heavy (non-hydrogen) atoms. The number of likely N-dealkylation sites (N-methyl/N-ethyl adjacent to an activating group) is 1. The van der Waals surface area contributed by atoms with Crippen molar-refractivity contribution in [3.8, 4) is 0 Å². The van der Waals surface area contributed by atoms with Crippen LogP contribution in [0.3, 0.4) is 0 Å². The van der Waals surface area contributed by atoms with E-state index < -0.39 is 17.8 Å². The SMILES string of the molecule is CCNC(=O)C(C)NC(=O)c1cc(F)ccc1Br. The monoisotopic (exact) mass is 316 g/mol. The number of carbonyl (C=O) groups excluding carboxylic acids is 2. The number of amides is 2. The Kier molecular flexibility index (Phi) is 5.27. The molecule has 1 atom stereocenters. The first kappa shape index (κ1) is 14.6. The van der Waals surface area contributed by atoms with E-state index in [1.807, 2.05) is 0 Å². The highest BCUT2D eigenvalue weighted by Crippen LogP contribution is 2.17. The Bertz CT molecular complexity index is 465. The quantitative estimate of drug-likeness (QED) is 0.890. The molecule has 2 N–H and O–H groups in total. The lowest BCUT2D eigenvalue weighted by Gasteiger charge is -2.14. The molecule has 98 valence electrons. The van der Waals surface area contributed by atoms with Crippen LogP contribution in [0.25, 0.3) is 0 Å². The Morgan fingerprint density at radius 3 is 2.72 bits per heavy atom. The van der Waals surface area contributed by atoms with E-state index in [1.165, 1.54) is 12.1 Å². The van der Waals surface area contributed by atoms with Crippen molar-refractivity contribution >= 4 is 27.7 Å². The van der Waals surface area contributed by atoms with Crippen LogP contribution in [0.2, 0.25) is 0 Å². The second-order valence-electron chi connectivity index (χ2n) is 3.71. The Balaban J connectivity index is 2.76. The molecular formula is C12H14BrFN2O2. The molecule has 4 nitrogen and oxygen atoms in total. The van der Waals surface area contributed by atoms with Gasteiger partial charge in [0.15, 0.2) is 0 Å². The van der Waals surface area contributed by atoms with Crippen LogP contribution in [0.5, 0.6) is 0 Å². The Morgan fingerprint density at radius 2 is 2.11 bits per heavy atom. The molecule has 1 aromatic rings. The normalized spacial score (nSPS) is 11.8. The molecule has 0 bridgehead atoms. The van der Waals surface area contributed by atoms with Crippen molar-refractivity contribution in [3.63, 3.8) is 0 Å². The minimum Gasteiger partial charge on any atom is -0.355 e. The van der Waals surface area contributed by atoms with Crippen molar-refractivity contribution in [2.24, 2.45) is 0 Å². The summed E-state index contributed by atoms with van der Waals surface area (Å²) in [7, 11) is 0. The molecule has 6 heteroatoms. The molecule has 1 aromatic carbocycles. The first-order chi connectivity index (χ1) is 8.45. The third kappa shape index (κ3) is 3.80. The minimum atomic E-state index is -0.674. The summed E-state index contributed by atoms with van der Waals surface area (Å²) in [5.74, 6) is -1.28. The zero-order valence-electron chi connectivity index (χ0n) is 10.1. The van der Waals surface area contributed by atoms with Crippen molar-refractivity contribution in [2.45, 2.75) is 19.9 Å². The average Bonchev–Trinajstić information content (AvgIpc) is 2.32. The molecular weight excluding hydrogens is 303 g/mol. The molecule has 0 radical (unpaired) electrons. The van der Waals surface area contributed by atoms with Crippen molar-refractivity contribution in [3.05, 3.63) is 34.1 Å². The number of hydrogen-bond acceptors (Lipinski definition) is 2. The van der Waals surface area contributed by atoms with E-state index in [1.54, 1.807) is 13.8 Å². The van der Waals surface area contributed by atoms with Crippen molar-refractivity contribution in [1.29, 1.82) is 0 Å². The zero-order valence-corrected chi connectivity index (χ0v) is 11.7. The van der Waals surface area contributed by atoms with Gasteiger partial charge in [-0.3, -0.25) is 9.59 Å². The lowest BCUT2D eigenvalue weighted by molar-refractivity contribution is -0.122. The first-order valence-electron chi connectivity index (χ1n) is 5.49. The molecule has 0 heterocycles. The Labute approximate surface area is 113 Å². The van der Waals surface area contributed by atoms with Crippen LogP contribution in [0.15, 0.2) is 22.7 Å². The summed E-state index contributed by atoms with van der Waals surface area (Å²) in [6.45, 7) is 3.84. The van der Waals surface area contributed by atoms with Crippen LogP contribution in [0, 0.1) is 5.82 Å². The predicted octanol–water partition coefficient (Wildman–Crippen LogP) is 1.84. The number of benzene rings is 1. The molecule has 0 aliphatic heterocycles. The largest absolute Gasteiger partial charge is 0.355 e. The summed E-state index contributed by atoms with van der Waals surface area (Å²) in [6.07, 6.45) is 0. The van der Waals surface area contributed by atoms with Gasteiger partial charge in [-0.1, -0.05) is 0 Å². The molecule has 0 aliphatic rings. The standard InChI is InChI=1S/C12H14BrFN2O2/c1-3-15-11(17)7(2)16-12(18)9-6-8(14)4-5-10(9)13/h4-7H,3H2,1-2H3,(H,15,17)(H,16,18). The van der Waals surface area contributed by atoms with Crippen molar-refractivity contribution in [1.82, 2.24) is 10.6 Å². The van der Waals surface area contributed by atoms with Crippen LogP contribution in [0.4, 0.5) is 4.39 Å². The summed E-state index contributed by atoms with van der Waals surface area (Å²) in [4.78, 5) is 23.3. The van der Waals surface area contributed by atoms with Gasteiger partial charge in [-0.05, 0) is 48.0 Å². The molecule has 0 saturated heterocycles. The first-order valence-corrected chi connectivity index (χ1v) is 6.28. The van der Waals surface area contributed by atoms with E-state index in [4.69, 9.17) is 0 Å². The number of rotatable bonds is 4. The van der Waals surface area contributed by atoms with E-state index in [-0.39, 0.29) is 11.5 Å². The number of carbonyl (C=O) groups is 2. The summed E-state index contributed by atoms with van der Waals surface area (Å²) in [5, 5.41) is 5.09. The van der Waals surface area contributed by atoms with Gasteiger partial charge in [0.05, 0.1) is 5.56 Å². The summed E-state index contributed by atoms with van der Waals surface area (Å²) in [5.41, 5.74) is 0.158. The van der Waals surface area contributed by atoms with Crippen LogP contribution in [-0.4, -0.2) is 24.4 Å². The van der Waals surface area contributed by atoms with Crippen molar-refractivity contribution in [2.75, 3.05) is 6.54 Å². The van der Waals surface area contributed by atoms with Crippen LogP contribution in [0.1, 0.15) is 24.2 Å². The van der Waals surface area contributed by atoms with Gasteiger partial charge < -0.3 is 10.6 Å². The van der Waals surface area contributed by atoms with Gasteiger partial charge in [-0.25, -0.2) is 4.39 Å². The molecule has 1 unspecified atom stereocenters. The second-order valence-corrected chi connectivity index (χ2v) is 4.57. The van der Waals surface area contributed by atoms with E-state index in [0.717, 1.165) is 6.07 Å². The third-order valence-electron chi connectivity index (χ3n) is 2.26. The van der Waals surface area contributed by atoms with Gasteiger partial charge in [0, 0.05) is 11.0 Å². The fourth-order valence-electron chi connectivity index (χ4n) is 1.34. The fourth-order valence-corrected chi connectivity index (χ4v) is 1.77. The lowest BCUT2D eigenvalue weighted by Crippen LogP contribution is -2.44. The van der Waals surface area contributed by atoms with Gasteiger partial charge in [0.25, 0.3) is 5.91 Å². The molecule has 0 fully saturated rings. The number of hydrogen-bond donors (Lipinski definition) is 2. The number of nitrogens with one attached hydrogen (secondary N) is 2. The maximum atomic E-state index is 13.0. The van der Waals surface area contributed by atoms with E-state index in [9.17, 15) is 14.0 Å². The van der Waals surface area contributed by atoms with Crippen LogP contribution >= 0.6 is 15.9 Å². The number of halogens is 2. The highest BCUT2D eigenvalue weighted by Gasteiger charge is 2.17. The highest BCUT2D eigenvalue weighted by molar-refractivity contribution is 9.10. The van der Waals surface area contributed by atoms with Crippen LogP contribution < -0.4 is 10.6 Å². The third-order valence-corrected chi connectivity index (χ3v) is 2.96. The fraction of sp³-hybridized carbons (Fsp3) is 0.333. The smallest absolute Gasteiger partial charge is 0.253 e. The molecule has 0 spiro atoms. The van der Waals surface area contributed by atoms with Gasteiger partial charge in [0.2, 0.25) is 5.91 Å². The summed E-state index contributed by atoms with van der Waals surface area (Å²) < 4.78 is 13.5. The van der Waals surface area contributed by atoms with Crippen LogP contribution in [-0.2, 0) is 4.79 Å². The summed E-state index contributed by atoms with van der Waals surface area (Å²) in [6, 6.07) is 3.13. The zero-order chi connectivity index (χ0) is 13.7. The van der Waals surface area contributed by atoms with Gasteiger partial charge in [-0.2, -0.15) is 0 Å². The molecule has 0 aromatic heterocycles. The second kappa shape index (κ2) is 6.49. The molecule has 1 rings (SSSR count). The topological polar surface area (TPSA) is 58.2 Å².